The quantitative estimate of drug-likeness (QED) is 0.827. The van der Waals surface area contributed by atoms with Gasteiger partial charge in [0.25, 0.3) is 0 Å². The topological polar surface area (TPSA) is 55.1 Å². The molecule has 3 nitrogen and oxygen atoms in total. The second-order valence-electron chi connectivity index (χ2n) is 6.05. The van der Waals surface area contributed by atoms with Gasteiger partial charge in [-0.1, -0.05) is 51.1 Å². The molecule has 0 aliphatic rings. The fraction of sp³-hybridized carbons (Fsp3) is 0.562. The Kier molecular flexibility index (Phi) is 6.03. The summed E-state index contributed by atoms with van der Waals surface area (Å²) in [6, 6.07) is 10.2. The zero-order valence-corrected chi connectivity index (χ0v) is 12.3. The maximum Gasteiger partial charge on any atom is 0.220 e. The van der Waals surface area contributed by atoms with E-state index in [2.05, 4.69) is 38.2 Å². The second kappa shape index (κ2) is 7.29. The van der Waals surface area contributed by atoms with Crippen LogP contribution in [0, 0.1) is 5.41 Å². The zero-order valence-electron chi connectivity index (χ0n) is 12.3. The molecule has 1 aromatic carbocycles. The Balaban J connectivity index is 2.45. The van der Waals surface area contributed by atoms with Crippen LogP contribution in [-0.4, -0.2) is 18.5 Å². The van der Waals surface area contributed by atoms with Crippen LogP contribution in [0.3, 0.4) is 0 Å². The lowest BCUT2D eigenvalue weighted by Crippen LogP contribution is -2.44. The Hall–Kier alpha value is -1.35. The van der Waals surface area contributed by atoms with Crippen molar-refractivity contribution in [2.75, 3.05) is 6.54 Å². The first-order chi connectivity index (χ1) is 8.93. The summed E-state index contributed by atoms with van der Waals surface area (Å²) in [6.07, 6.45) is 2.13. The van der Waals surface area contributed by atoms with Gasteiger partial charge in [-0.2, -0.15) is 0 Å². The molecule has 0 saturated carbocycles. The maximum atomic E-state index is 12.0. The second-order valence-corrected chi connectivity index (χ2v) is 6.05. The molecule has 0 heterocycles. The van der Waals surface area contributed by atoms with Gasteiger partial charge < -0.3 is 11.1 Å². The number of hydrogen-bond donors (Lipinski definition) is 2. The molecule has 0 fully saturated rings. The lowest BCUT2D eigenvalue weighted by Gasteiger charge is -2.31. The molecular formula is C16H26N2O. The average molecular weight is 262 g/mol. The number of carbonyl (C=O) groups excluding carboxylic acids is 1. The van der Waals surface area contributed by atoms with Gasteiger partial charge in [-0.15, -0.1) is 0 Å². The minimum absolute atomic E-state index is 0.0434. The number of amides is 1. The van der Waals surface area contributed by atoms with Crippen molar-refractivity contribution >= 4 is 5.91 Å². The Morgan fingerprint density at radius 2 is 1.89 bits per heavy atom. The molecule has 1 aromatic rings. The van der Waals surface area contributed by atoms with Gasteiger partial charge in [-0.25, -0.2) is 0 Å². The number of benzene rings is 1. The molecule has 19 heavy (non-hydrogen) atoms. The molecule has 0 radical (unpaired) electrons. The molecule has 3 heteroatoms. The van der Waals surface area contributed by atoms with Crippen LogP contribution in [0.4, 0.5) is 0 Å². The molecule has 1 atom stereocenters. The number of carbonyl (C=O) groups is 1. The van der Waals surface area contributed by atoms with E-state index >= 15 is 0 Å². The summed E-state index contributed by atoms with van der Waals surface area (Å²) in [6.45, 7) is 6.99. The maximum absolute atomic E-state index is 12.0. The SMILES string of the molecule is CC(C)(C)C(CCN)NC(=O)CCc1ccccc1. The predicted molar refractivity (Wildman–Crippen MR) is 79.8 cm³/mol. The van der Waals surface area contributed by atoms with Crippen LogP contribution in [0.5, 0.6) is 0 Å². The predicted octanol–water partition coefficient (Wildman–Crippen LogP) is 2.50. The van der Waals surface area contributed by atoms with E-state index in [4.69, 9.17) is 5.73 Å². The summed E-state index contributed by atoms with van der Waals surface area (Å²) in [4.78, 5) is 12.0. The van der Waals surface area contributed by atoms with Crippen LogP contribution in [0.1, 0.15) is 39.2 Å². The van der Waals surface area contributed by atoms with E-state index in [0.29, 0.717) is 13.0 Å². The lowest BCUT2D eigenvalue weighted by molar-refractivity contribution is -0.122. The molecule has 0 aliphatic carbocycles. The first-order valence-corrected chi connectivity index (χ1v) is 6.97. The van der Waals surface area contributed by atoms with Gasteiger partial charge in [-0.3, -0.25) is 4.79 Å². The smallest absolute Gasteiger partial charge is 0.220 e. The van der Waals surface area contributed by atoms with Gasteiger partial charge in [-0.05, 0) is 30.4 Å². The fourth-order valence-electron chi connectivity index (χ4n) is 2.06. The van der Waals surface area contributed by atoms with Gasteiger partial charge in [0.1, 0.15) is 0 Å². The van der Waals surface area contributed by atoms with Crippen molar-refractivity contribution in [1.29, 1.82) is 0 Å². The minimum atomic E-state index is 0.0434. The summed E-state index contributed by atoms with van der Waals surface area (Å²) in [5.41, 5.74) is 6.86. The van der Waals surface area contributed by atoms with Gasteiger partial charge in [0, 0.05) is 12.5 Å². The van der Waals surface area contributed by atoms with Crippen molar-refractivity contribution < 1.29 is 4.79 Å². The summed E-state index contributed by atoms with van der Waals surface area (Å²) in [5.74, 6) is 0.109. The van der Waals surface area contributed by atoms with Gasteiger partial charge >= 0.3 is 0 Å². The molecule has 1 amide bonds. The normalized spacial score (nSPS) is 13.1. The monoisotopic (exact) mass is 262 g/mol. The van der Waals surface area contributed by atoms with Crippen LogP contribution in [0.25, 0.3) is 0 Å². The molecule has 0 aromatic heterocycles. The third-order valence-corrected chi connectivity index (χ3v) is 3.32. The molecule has 3 N–H and O–H groups in total. The van der Waals surface area contributed by atoms with E-state index in [1.807, 2.05) is 18.2 Å². The van der Waals surface area contributed by atoms with Crippen molar-refractivity contribution in [3.8, 4) is 0 Å². The van der Waals surface area contributed by atoms with E-state index in [9.17, 15) is 4.79 Å². The van der Waals surface area contributed by atoms with E-state index in [1.54, 1.807) is 0 Å². The summed E-state index contributed by atoms with van der Waals surface area (Å²) < 4.78 is 0. The molecule has 0 aliphatic heterocycles. The molecular weight excluding hydrogens is 236 g/mol. The van der Waals surface area contributed by atoms with E-state index in [-0.39, 0.29) is 17.4 Å². The third-order valence-electron chi connectivity index (χ3n) is 3.32. The molecule has 1 rings (SSSR count). The van der Waals surface area contributed by atoms with Gasteiger partial charge in [0.05, 0.1) is 0 Å². The Morgan fingerprint density at radius 1 is 1.26 bits per heavy atom. The van der Waals surface area contributed by atoms with Crippen molar-refractivity contribution in [1.82, 2.24) is 5.32 Å². The number of rotatable bonds is 6. The van der Waals surface area contributed by atoms with Crippen molar-refractivity contribution in [3.63, 3.8) is 0 Å². The van der Waals surface area contributed by atoms with Crippen molar-refractivity contribution in [2.24, 2.45) is 11.1 Å². The summed E-state index contributed by atoms with van der Waals surface area (Å²) in [7, 11) is 0. The van der Waals surface area contributed by atoms with Crippen LogP contribution >= 0.6 is 0 Å². The zero-order chi connectivity index (χ0) is 14.3. The third kappa shape index (κ3) is 5.88. The Labute approximate surface area is 116 Å². The van der Waals surface area contributed by atoms with Crippen molar-refractivity contribution in [2.45, 2.75) is 46.1 Å². The highest BCUT2D eigenvalue weighted by atomic mass is 16.1. The lowest BCUT2D eigenvalue weighted by atomic mass is 9.84. The highest BCUT2D eigenvalue weighted by Crippen LogP contribution is 2.21. The van der Waals surface area contributed by atoms with Crippen LogP contribution in [0.2, 0.25) is 0 Å². The molecule has 1 unspecified atom stereocenters. The van der Waals surface area contributed by atoms with E-state index < -0.39 is 0 Å². The molecule has 0 saturated heterocycles. The van der Waals surface area contributed by atoms with E-state index in [1.165, 1.54) is 5.56 Å². The highest BCUT2D eigenvalue weighted by Gasteiger charge is 2.25. The van der Waals surface area contributed by atoms with Gasteiger partial charge in [0.2, 0.25) is 5.91 Å². The van der Waals surface area contributed by atoms with E-state index in [0.717, 1.165) is 12.8 Å². The average Bonchev–Trinajstić information content (AvgIpc) is 2.36. The van der Waals surface area contributed by atoms with Crippen LogP contribution in [-0.2, 0) is 11.2 Å². The highest BCUT2D eigenvalue weighted by molar-refractivity contribution is 5.76. The largest absolute Gasteiger partial charge is 0.353 e. The number of aryl methyl sites for hydroxylation is 1. The van der Waals surface area contributed by atoms with Crippen LogP contribution < -0.4 is 11.1 Å². The molecule has 106 valence electrons. The molecule has 0 spiro atoms. The summed E-state index contributed by atoms with van der Waals surface area (Å²) in [5, 5.41) is 3.11. The first kappa shape index (κ1) is 15.7. The Morgan fingerprint density at radius 3 is 2.42 bits per heavy atom. The fourth-order valence-corrected chi connectivity index (χ4v) is 2.06. The number of hydrogen-bond acceptors (Lipinski definition) is 2. The molecule has 0 bridgehead atoms. The van der Waals surface area contributed by atoms with Gasteiger partial charge in [0.15, 0.2) is 0 Å². The first-order valence-electron chi connectivity index (χ1n) is 6.97. The number of nitrogens with two attached hydrogens (primary N) is 1. The number of nitrogens with one attached hydrogen (secondary N) is 1. The summed E-state index contributed by atoms with van der Waals surface area (Å²) >= 11 is 0. The van der Waals surface area contributed by atoms with Crippen molar-refractivity contribution in [3.05, 3.63) is 35.9 Å². The van der Waals surface area contributed by atoms with Crippen LogP contribution in [0.15, 0.2) is 30.3 Å². The minimum Gasteiger partial charge on any atom is -0.353 e. The Bertz CT molecular complexity index is 381. The standard InChI is InChI=1S/C16H26N2O/c1-16(2,3)14(11-12-17)18-15(19)10-9-13-7-5-4-6-8-13/h4-8,14H,9-12,17H2,1-3H3,(H,18,19).